The van der Waals surface area contributed by atoms with Gasteiger partial charge in [-0.15, -0.1) is 11.8 Å². The van der Waals surface area contributed by atoms with Gasteiger partial charge < -0.3 is 10.6 Å². The minimum atomic E-state index is -3.21. The van der Waals surface area contributed by atoms with Crippen molar-refractivity contribution in [2.24, 2.45) is 17.8 Å². The lowest BCUT2D eigenvalue weighted by molar-refractivity contribution is -0.134. The van der Waals surface area contributed by atoms with Crippen LogP contribution in [-0.2, 0) is 24.4 Å². The Bertz CT molecular complexity index is 864. The molecule has 0 aromatic heterocycles. The number of hydroxylamine groups is 1. The standard InChI is InChI=1S/C22H41N7O5S2/c1-2-36(32,33)29-19-12-14(13-35-19)20-25-18(34-28-20)9-8-17(30)23-10-5-11-24-21-15-6-3-4-7-16(15)22(31)27-26-21/h14-16,18-21,24-26,28-29H,2-13H2,1H3,(H,23,30)(H,27,31). The number of sulfonamides is 1. The second-order valence-corrected chi connectivity index (χ2v) is 13.3. The zero-order valence-corrected chi connectivity index (χ0v) is 22.5. The van der Waals surface area contributed by atoms with E-state index in [1.165, 1.54) is 6.42 Å². The van der Waals surface area contributed by atoms with Gasteiger partial charge in [0.1, 0.15) is 6.23 Å². The number of carbonyl (C=O) groups is 2. The molecule has 4 rings (SSSR count). The van der Waals surface area contributed by atoms with Crippen LogP contribution in [0, 0.1) is 17.8 Å². The molecule has 3 saturated heterocycles. The van der Waals surface area contributed by atoms with Crippen molar-refractivity contribution in [3.8, 4) is 0 Å². The van der Waals surface area contributed by atoms with Crippen molar-refractivity contribution >= 4 is 33.6 Å². The Morgan fingerprint density at radius 1 is 1.22 bits per heavy atom. The van der Waals surface area contributed by atoms with Gasteiger partial charge in [0.25, 0.3) is 0 Å². The van der Waals surface area contributed by atoms with Crippen molar-refractivity contribution in [1.82, 2.24) is 37.0 Å². The lowest BCUT2D eigenvalue weighted by Crippen LogP contribution is -2.64. The molecule has 14 heteroatoms. The summed E-state index contributed by atoms with van der Waals surface area (Å²) in [5.74, 6) is 1.67. The number of hydrogen-bond acceptors (Lipinski definition) is 10. The number of hydrazine groups is 1. The summed E-state index contributed by atoms with van der Waals surface area (Å²) >= 11 is 1.61. The SMILES string of the molecule is CCS(=O)(=O)NC1CC(C2NOC(CCC(=O)NCCCNC3NNC(=O)C4CCCCC34)N2)CS1. The number of thioether (sulfide) groups is 1. The summed E-state index contributed by atoms with van der Waals surface area (Å²) in [5, 5.41) is 9.71. The maximum Gasteiger partial charge on any atom is 0.237 e. The predicted octanol–water partition coefficient (Wildman–Crippen LogP) is -0.575. The first kappa shape index (κ1) is 28.0. The number of rotatable bonds is 12. The van der Waals surface area contributed by atoms with Crippen LogP contribution in [0.3, 0.4) is 0 Å². The lowest BCUT2D eigenvalue weighted by atomic mass is 9.76. The van der Waals surface area contributed by atoms with E-state index < -0.39 is 10.0 Å². The Morgan fingerprint density at radius 2 is 2.06 bits per heavy atom. The molecule has 206 valence electrons. The van der Waals surface area contributed by atoms with Crippen LogP contribution in [0.15, 0.2) is 0 Å². The number of nitrogens with one attached hydrogen (secondary N) is 7. The van der Waals surface area contributed by atoms with Crippen LogP contribution in [-0.4, -0.2) is 68.8 Å². The van der Waals surface area contributed by atoms with Gasteiger partial charge >= 0.3 is 0 Å². The molecule has 1 saturated carbocycles. The van der Waals surface area contributed by atoms with E-state index >= 15 is 0 Å². The van der Waals surface area contributed by atoms with Crippen LogP contribution in [0.1, 0.15) is 58.3 Å². The van der Waals surface area contributed by atoms with Gasteiger partial charge in [0.15, 0.2) is 0 Å². The van der Waals surface area contributed by atoms with Gasteiger partial charge in [-0.05, 0) is 45.6 Å². The molecule has 0 bridgehead atoms. The first-order valence-electron chi connectivity index (χ1n) is 13.2. The van der Waals surface area contributed by atoms with Crippen LogP contribution in [0.2, 0.25) is 0 Å². The van der Waals surface area contributed by atoms with Gasteiger partial charge in [0.05, 0.1) is 23.5 Å². The molecule has 1 aliphatic carbocycles. The number of amides is 2. The Kier molecular flexibility index (Phi) is 10.3. The van der Waals surface area contributed by atoms with Gasteiger partial charge in [0.2, 0.25) is 21.8 Å². The van der Waals surface area contributed by atoms with Crippen molar-refractivity contribution in [3.63, 3.8) is 0 Å². The largest absolute Gasteiger partial charge is 0.356 e. The van der Waals surface area contributed by atoms with Gasteiger partial charge in [-0.25, -0.2) is 18.6 Å². The summed E-state index contributed by atoms with van der Waals surface area (Å²) in [6.45, 7) is 2.98. The third kappa shape index (κ3) is 7.76. The van der Waals surface area contributed by atoms with Crippen molar-refractivity contribution in [1.29, 1.82) is 0 Å². The molecule has 4 fully saturated rings. The van der Waals surface area contributed by atoms with Crippen molar-refractivity contribution < 1.29 is 22.8 Å². The Hall–Kier alpha value is -1.000. The fraction of sp³-hybridized carbons (Fsp3) is 0.909. The number of hydrogen-bond donors (Lipinski definition) is 7. The number of fused-ring (bicyclic) bond motifs is 1. The van der Waals surface area contributed by atoms with E-state index in [9.17, 15) is 18.0 Å². The van der Waals surface area contributed by atoms with Crippen LogP contribution in [0.4, 0.5) is 0 Å². The lowest BCUT2D eigenvalue weighted by Gasteiger charge is -2.41. The highest BCUT2D eigenvalue weighted by atomic mass is 32.2. The second-order valence-electron chi connectivity index (χ2n) is 10.1. The third-order valence-corrected chi connectivity index (χ3v) is 10.4. The molecule has 2 amide bonds. The molecular weight excluding hydrogens is 506 g/mol. The average molecular weight is 548 g/mol. The maximum absolute atomic E-state index is 12.3. The monoisotopic (exact) mass is 547 g/mol. The summed E-state index contributed by atoms with van der Waals surface area (Å²) in [6.07, 6.45) is 6.51. The van der Waals surface area contributed by atoms with Crippen LogP contribution < -0.4 is 37.0 Å². The molecule has 4 aliphatic rings. The van der Waals surface area contributed by atoms with E-state index in [0.717, 1.165) is 44.4 Å². The zero-order valence-electron chi connectivity index (χ0n) is 20.9. The molecule has 0 radical (unpaired) electrons. The smallest absolute Gasteiger partial charge is 0.237 e. The van der Waals surface area contributed by atoms with Crippen molar-refractivity contribution in [2.45, 2.75) is 82.2 Å². The highest BCUT2D eigenvalue weighted by Gasteiger charge is 2.40. The zero-order chi connectivity index (χ0) is 25.5. The molecule has 7 unspecified atom stereocenters. The normalized spacial score (nSPS) is 34.8. The molecule has 0 aromatic carbocycles. The van der Waals surface area contributed by atoms with E-state index in [1.807, 2.05) is 0 Å². The highest BCUT2D eigenvalue weighted by Crippen LogP contribution is 2.34. The summed E-state index contributed by atoms with van der Waals surface area (Å²) < 4.78 is 26.3. The quantitative estimate of drug-likeness (QED) is 0.158. The summed E-state index contributed by atoms with van der Waals surface area (Å²) in [6, 6.07) is 0. The van der Waals surface area contributed by atoms with E-state index in [1.54, 1.807) is 18.7 Å². The predicted molar refractivity (Wildman–Crippen MR) is 137 cm³/mol. The molecule has 12 nitrogen and oxygen atoms in total. The summed E-state index contributed by atoms with van der Waals surface area (Å²) in [4.78, 5) is 29.9. The van der Waals surface area contributed by atoms with Crippen LogP contribution in [0.25, 0.3) is 0 Å². The highest BCUT2D eigenvalue weighted by molar-refractivity contribution is 8.01. The van der Waals surface area contributed by atoms with Gasteiger partial charge in [-0.3, -0.25) is 25.2 Å². The maximum atomic E-state index is 12.3. The molecule has 36 heavy (non-hydrogen) atoms. The van der Waals surface area contributed by atoms with Gasteiger partial charge in [-0.2, -0.15) is 5.48 Å². The molecule has 3 aliphatic heterocycles. The second kappa shape index (κ2) is 13.2. The van der Waals surface area contributed by atoms with Gasteiger partial charge in [-0.1, -0.05) is 12.8 Å². The Balaban J connectivity index is 1.05. The molecule has 0 spiro atoms. The Labute approximate surface area is 217 Å². The number of carbonyl (C=O) groups excluding carboxylic acids is 2. The van der Waals surface area contributed by atoms with Crippen molar-refractivity contribution in [2.75, 3.05) is 24.6 Å². The van der Waals surface area contributed by atoms with E-state index in [0.29, 0.717) is 25.3 Å². The topological polar surface area (TPSA) is 162 Å². The van der Waals surface area contributed by atoms with E-state index in [-0.39, 0.29) is 53.3 Å². The van der Waals surface area contributed by atoms with E-state index in [4.69, 9.17) is 4.84 Å². The van der Waals surface area contributed by atoms with Gasteiger partial charge in [0, 0.05) is 36.5 Å². The minimum Gasteiger partial charge on any atom is -0.356 e. The molecule has 3 heterocycles. The first-order valence-corrected chi connectivity index (χ1v) is 15.9. The average Bonchev–Trinajstić information content (AvgIpc) is 3.53. The fourth-order valence-corrected chi connectivity index (χ4v) is 7.97. The molecular formula is C22H41N7O5S2. The minimum absolute atomic E-state index is 0.00953. The molecule has 0 aromatic rings. The first-order chi connectivity index (χ1) is 17.3. The summed E-state index contributed by atoms with van der Waals surface area (Å²) in [5.41, 5.74) is 8.91. The fourth-order valence-electron chi connectivity index (χ4n) is 5.41. The van der Waals surface area contributed by atoms with Crippen LogP contribution >= 0.6 is 11.8 Å². The molecule has 7 atom stereocenters. The summed E-state index contributed by atoms with van der Waals surface area (Å²) in [7, 11) is -3.21. The third-order valence-electron chi connectivity index (χ3n) is 7.50. The van der Waals surface area contributed by atoms with Crippen LogP contribution in [0.5, 0.6) is 0 Å². The van der Waals surface area contributed by atoms with E-state index in [2.05, 4.69) is 37.0 Å². The molecule has 7 N–H and O–H groups in total. The van der Waals surface area contributed by atoms with Crippen molar-refractivity contribution in [3.05, 3.63) is 0 Å². The Morgan fingerprint density at radius 3 is 2.89 bits per heavy atom.